The number of hydrogen-bond donors (Lipinski definition) is 1. The Morgan fingerprint density at radius 2 is 1.87 bits per heavy atom. The fourth-order valence-corrected chi connectivity index (χ4v) is 3.86. The van der Waals surface area contributed by atoms with Crippen LogP contribution in [0.25, 0.3) is 0 Å². The highest BCUT2D eigenvalue weighted by atomic mass is 32.2. The van der Waals surface area contributed by atoms with E-state index in [0.717, 1.165) is 36.8 Å². The maximum absolute atomic E-state index is 12.4. The summed E-state index contributed by atoms with van der Waals surface area (Å²) < 4.78 is 30.8. The summed E-state index contributed by atoms with van der Waals surface area (Å²) in [6.45, 7) is 7.06. The molecule has 7 heteroatoms. The van der Waals surface area contributed by atoms with Crippen molar-refractivity contribution in [1.82, 2.24) is 5.32 Å². The van der Waals surface area contributed by atoms with Crippen molar-refractivity contribution in [2.75, 3.05) is 30.3 Å². The van der Waals surface area contributed by atoms with Crippen LogP contribution in [0.4, 0.5) is 5.69 Å². The zero-order chi connectivity index (χ0) is 22.0. The van der Waals surface area contributed by atoms with Crippen molar-refractivity contribution < 1.29 is 17.9 Å². The second kappa shape index (κ2) is 11.4. The van der Waals surface area contributed by atoms with Gasteiger partial charge in [0.05, 0.1) is 25.1 Å². The summed E-state index contributed by atoms with van der Waals surface area (Å²) in [4.78, 5) is 12.4. The van der Waals surface area contributed by atoms with Crippen molar-refractivity contribution >= 4 is 21.6 Å². The quantitative estimate of drug-likeness (QED) is 0.411. The molecule has 0 radical (unpaired) electrons. The minimum Gasteiger partial charge on any atom is -0.493 e. The standard InChI is InChI=1S/C23H30N2O4S/c1-4-17-25(30(3,27)28)21-14-12-20(13-15-21)23(26)24-16-8-10-19-9-6-7-11-22(19)29-18-5-2/h4,6-7,9,11-15H,1,5,8,10,16-18H2,2-3H3,(H,24,26). The molecule has 0 saturated heterocycles. The Bertz CT molecular complexity index is 940. The van der Waals surface area contributed by atoms with Crippen LogP contribution in [0.5, 0.6) is 5.75 Å². The second-order valence-corrected chi connectivity index (χ2v) is 8.85. The van der Waals surface area contributed by atoms with Crippen molar-refractivity contribution in [2.24, 2.45) is 0 Å². The summed E-state index contributed by atoms with van der Waals surface area (Å²) in [6.07, 6.45) is 5.22. The summed E-state index contributed by atoms with van der Waals surface area (Å²) in [7, 11) is -3.42. The smallest absolute Gasteiger partial charge is 0.251 e. The monoisotopic (exact) mass is 430 g/mol. The number of rotatable bonds is 12. The number of benzene rings is 2. The normalized spacial score (nSPS) is 11.0. The first-order valence-electron chi connectivity index (χ1n) is 10.0. The van der Waals surface area contributed by atoms with Crippen LogP contribution in [0.15, 0.2) is 61.2 Å². The highest BCUT2D eigenvalue weighted by Gasteiger charge is 2.16. The molecule has 0 bridgehead atoms. The Morgan fingerprint density at radius 1 is 1.17 bits per heavy atom. The lowest BCUT2D eigenvalue weighted by molar-refractivity contribution is 0.0953. The van der Waals surface area contributed by atoms with Crippen LogP contribution in [0, 0.1) is 0 Å². The van der Waals surface area contributed by atoms with E-state index in [1.807, 2.05) is 24.3 Å². The number of amides is 1. The molecule has 0 atom stereocenters. The van der Waals surface area contributed by atoms with Gasteiger partial charge in [-0.1, -0.05) is 31.2 Å². The first-order valence-corrected chi connectivity index (χ1v) is 11.9. The van der Waals surface area contributed by atoms with E-state index in [-0.39, 0.29) is 12.5 Å². The first kappa shape index (κ1) is 23.5. The molecule has 2 aromatic carbocycles. The Hall–Kier alpha value is -2.80. The minimum absolute atomic E-state index is 0.174. The van der Waals surface area contributed by atoms with Gasteiger partial charge < -0.3 is 10.1 Å². The van der Waals surface area contributed by atoms with Crippen molar-refractivity contribution in [3.63, 3.8) is 0 Å². The van der Waals surface area contributed by atoms with Gasteiger partial charge in [-0.3, -0.25) is 9.10 Å². The molecule has 0 heterocycles. The van der Waals surface area contributed by atoms with E-state index >= 15 is 0 Å². The molecule has 0 saturated carbocycles. The number of aryl methyl sites for hydroxylation is 1. The van der Waals surface area contributed by atoms with E-state index in [1.165, 1.54) is 10.4 Å². The van der Waals surface area contributed by atoms with Crippen LogP contribution >= 0.6 is 0 Å². The number of nitrogens with one attached hydrogen (secondary N) is 1. The molecule has 0 aliphatic heterocycles. The molecular formula is C23H30N2O4S. The SMILES string of the molecule is C=CCN(c1ccc(C(=O)NCCCc2ccccc2OCCC)cc1)S(C)(=O)=O. The molecule has 1 N–H and O–H groups in total. The van der Waals surface area contributed by atoms with E-state index < -0.39 is 10.0 Å². The fourth-order valence-electron chi connectivity index (χ4n) is 2.97. The number of carbonyl (C=O) groups excluding carboxylic acids is 1. The third kappa shape index (κ3) is 6.91. The van der Waals surface area contributed by atoms with Crippen LogP contribution in [0.2, 0.25) is 0 Å². The predicted molar refractivity (Wildman–Crippen MR) is 122 cm³/mol. The van der Waals surface area contributed by atoms with Crippen molar-refractivity contribution in [3.05, 3.63) is 72.3 Å². The largest absolute Gasteiger partial charge is 0.493 e. The van der Waals surface area contributed by atoms with Crippen LogP contribution in [0.3, 0.4) is 0 Å². The molecule has 0 spiro atoms. The third-order valence-corrected chi connectivity index (χ3v) is 5.62. The fraction of sp³-hybridized carbons (Fsp3) is 0.348. The summed E-state index contributed by atoms with van der Waals surface area (Å²) >= 11 is 0. The average molecular weight is 431 g/mol. The Morgan fingerprint density at radius 3 is 2.50 bits per heavy atom. The lowest BCUT2D eigenvalue weighted by Crippen LogP contribution is -2.30. The molecule has 30 heavy (non-hydrogen) atoms. The van der Waals surface area contributed by atoms with Gasteiger partial charge in [0.1, 0.15) is 5.75 Å². The zero-order valence-electron chi connectivity index (χ0n) is 17.6. The molecular weight excluding hydrogens is 400 g/mol. The number of hydrogen-bond acceptors (Lipinski definition) is 4. The number of anilines is 1. The highest BCUT2D eigenvalue weighted by Crippen LogP contribution is 2.20. The number of carbonyl (C=O) groups is 1. The molecule has 2 aromatic rings. The minimum atomic E-state index is -3.42. The van der Waals surface area contributed by atoms with Gasteiger partial charge in [0.25, 0.3) is 5.91 Å². The summed E-state index contributed by atoms with van der Waals surface area (Å²) in [6, 6.07) is 14.5. The number of nitrogens with zero attached hydrogens (tertiary/aromatic N) is 1. The second-order valence-electron chi connectivity index (χ2n) is 6.95. The van der Waals surface area contributed by atoms with Crippen LogP contribution in [0.1, 0.15) is 35.7 Å². The predicted octanol–water partition coefficient (Wildman–Crippen LogP) is 3.79. The molecule has 6 nitrogen and oxygen atoms in total. The highest BCUT2D eigenvalue weighted by molar-refractivity contribution is 7.92. The molecule has 162 valence electrons. The Balaban J connectivity index is 1.89. The van der Waals surface area contributed by atoms with Gasteiger partial charge in [0.2, 0.25) is 10.0 Å². The lowest BCUT2D eigenvalue weighted by atomic mass is 10.1. The summed E-state index contributed by atoms with van der Waals surface area (Å²) in [5.41, 5.74) is 2.11. The molecule has 0 aliphatic carbocycles. The van der Waals surface area contributed by atoms with E-state index in [2.05, 4.69) is 18.8 Å². The van der Waals surface area contributed by atoms with E-state index in [9.17, 15) is 13.2 Å². The maximum Gasteiger partial charge on any atom is 0.251 e. The van der Waals surface area contributed by atoms with Crippen molar-refractivity contribution in [2.45, 2.75) is 26.2 Å². The molecule has 0 fully saturated rings. The number of para-hydroxylation sites is 1. The topological polar surface area (TPSA) is 75.7 Å². The van der Waals surface area contributed by atoms with Crippen molar-refractivity contribution in [3.8, 4) is 5.75 Å². The summed E-state index contributed by atoms with van der Waals surface area (Å²) in [5, 5.41) is 2.91. The zero-order valence-corrected chi connectivity index (χ0v) is 18.5. The van der Waals surface area contributed by atoms with Gasteiger partial charge in [0.15, 0.2) is 0 Å². The van der Waals surface area contributed by atoms with Gasteiger partial charge in [0, 0.05) is 12.1 Å². The molecule has 2 rings (SSSR count). The van der Waals surface area contributed by atoms with Gasteiger partial charge in [-0.05, 0) is 55.2 Å². The molecule has 0 aliphatic rings. The molecule has 1 amide bonds. The van der Waals surface area contributed by atoms with Crippen LogP contribution < -0.4 is 14.4 Å². The maximum atomic E-state index is 12.4. The van der Waals surface area contributed by atoms with Gasteiger partial charge in [-0.25, -0.2) is 8.42 Å². The Labute approximate surface area is 179 Å². The van der Waals surface area contributed by atoms with Crippen molar-refractivity contribution in [1.29, 1.82) is 0 Å². The third-order valence-electron chi connectivity index (χ3n) is 4.46. The van der Waals surface area contributed by atoms with Crippen LogP contribution in [-0.4, -0.2) is 40.3 Å². The van der Waals surface area contributed by atoms with Gasteiger partial charge in [-0.15, -0.1) is 6.58 Å². The van der Waals surface area contributed by atoms with E-state index in [1.54, 1.807) is 24.3 Å². The molecule has 0 aromatic heterocycles. The number of ether oxygens (including phenoxy) is 1. The lowest BCUT2D eigenvalue weighted by Gasteiger charge is -2.20. The molecule has 0 unspecified atom stereocenters. The van der Waals surface area contributed by atoms with E-state index in [0.29, 0.717) is 24.4 Å². The van der Waals surface area contributed by atoms with Crippen LogP contribution in [-0.2, 0) is 16.4 Å². The average Bonchev–Trinajstić information content (AvgIpc) is 2.73. The van der Waals surface area contributed by atoms with E-state index in [4.69, 9.17) is 4.74 Å². The first-order chi connectivity index (χ1) is 14.4. The van der Waals surface area contributed by atoms with Gasteiger partial charge in [-0.2, -0.15) is 0 Å². The van der Waals surface area contributed by atoms with Gasteiger partial charge >= 0.3 is 0 Å². The summed E-state index contributed by atoms with van der Waals surface area (Å²) in [5.74, 6) is 0.711. The number of sulfonamides is 1. The Kier molecular flexibility index (Phi) is 8.92.